The lowest BCUT2D eigenvalue weighted by atomic mass is 9.97. The SMILES string of the molecule is [C-]#[N+]/C(C#N)=C1/C(C#N)=C(c2ccc(N(CCCCCC(=O)OCc3ccc4c(c3)c3ccccc3n4CCCCCCC)CC(CC)CCCC)cc2)C(=O)N1CCCCCC.[C-]#[N+]/C(C#N)=C1/C(C#N)=C(c2ccc(N(CCCCCCO)CC(CC)CCCC)cc2)C(=O)N1CCCCCCn1c2ccccc2c2ccccc21. The fourth-order valence-electron chi connectivity index (χ4n) is 16.8. The molecule has 2 aromatic heterocycles. The van der Waals surface area contributed by atoms with Crippen molar-refractivity contribution in [2.45, 2.75) is 247 Å². The number of carbonyl (C=O) groups excluding carboxylic acids is 3. The van der Waals surface area contributed by atoms with Crippen LogP contribution < -0.4 is 9.80 Å². The molecule has 8 aromatic rings. The maximum atomic E-state index is 14.1. The zero-order chi connectivity index (χ0) is 83.3. The largest absolute Gasteiger partial charge is 0.461 e. The quantitative estimate of drug-likeness (QED) is 0.0164. The van der Waals surface area contributed by atoms with Gasteiger partial charge in [-0.25, -0.2) is 20.2 Å². The lowest BCUT2D eigenvalue weighted by molar-refractivity contribution is -0.145. The molecule has 6 aromatic carbocycles. The van der Waals surface area contributed by atoms with Crippen LogP contribution in [0.25, 0.3) is 64.4 Å². The molecule has 0 fully saturated rings. The second-order valence-electron chi connectivity index (χ2n) is 31.5. The summed E-state index contributed by atoms with van der Waals surface area (Å²) in [5.74, 6) is 0.270. The number of hydrogen-bond acceptors (Lipinski definition) is 11. The highest BCUT2D eigenvalue weighted by molar-refractivity contribution is 6.26. The molecule has 117 heavy (non-hydrogen) atoms. The number of hydrogen-bond donors (Lipinski definition) is 1. The maximum absolute atomic E-state index is 14.1. The van der Waals surface area contributed by atoms with Crippen LogP contribution in [0.1, 0.15) is 244 Å². The number of aryl methyl sites for hydroxylation is 2. The van der Waals surface area contributed by atoms with Crippen LogP contribution >= 0.6 is 0 Å². The molecule has 2 amide bonds. The molecule has 612 valence electrons. The molecule has 4 heterocycles. The monoisotopic (exact) mass is 1570 g/mol. The van der Waals surface area contributed by atoms with Gasteiger partial charge < -0.3 is 38.6 Å². The van der Waals surface area contributed by atoms with Crippen molar-refractivity contribution in [2.24, 2.45) is 11.8 Å². The average molecular weight is 1570 g/mol. The van der Waals surface area contributed by atoms with E-state index in [-0.39, 0.29) is 76.1 Å². The van der Waals surface area contributed by atoms with Crippen LogP contribution in [0, 0.1) is 70.3 Å². The molecule has 0 radical (unpaired) electrons. The van der Waals surface area contributed by atoms with Crippen LogP contribution in [0.4, 0.5) is 11.4 Å². The Morgan fingerprint density at radius 1 is 0.453 bits per heavy atom. The number of carbonyl (C=O) groups is 3. The number of nitrogens with zero attached hydrogens (tertiary/aromatic N) is 12. The number of unbranched alkanes of at least 4 members (excludes halogenated alkanes) is 17. The molecule has 0 spiro atoms. The number of para-hydroxylation sites is 3. The second kappa shape index (κ2) is 47.7. The Kier molecular flexibility index (Phi) is 36.6. The highest BCUT2D eigenvalue weighted by atomic mass is 16.5. The summed E-state index contributed by atoms with van der Waals surface area (Å²) in [6.45, 7) is 35.3. The summed E-state index contributed by atoms with van der Waals surface area (Å²) in [5, 5.41) is 54.5. The van der Waals surface area contributed by atoms with Gasteiger partial charge in [0.15, 0.2) is 0 Å². The Morgan fingerprint density at radius 2 is 0.838 bits per heavy atom. The Bertz CT molecular complexity index is 4950. The first-order valence-corrected chi connectivity index (χ1v) is 43.7. The molecule has 1 N–H and O–H groups in total. The molecule has 0 aliphatic carbocycles. The molecule has 0 bridgehead atoms. The fraction of sp³-hybridized carbons (Fsp3) is 0.470. The van der Waals surface area contributed by atoms with Crippen LogP contribution in [0.3, 0.4) is 0 Å². The summed E-state index contributed by atoms with van der Waals surface area (Å²) in [4.78, 5) is 55.7. The third-order valence-corrected chi connectivity index (χ3v) is 23.4. The molecule has 2 atom stereocenters. The molecule has 0 saturated heterocycles. The van der Waals surface area contributed by atoms with E-state index >= 15 is 0 Å². The number of aliphatic hydroxyl groups is 1. The van der Waals surface area contributed by atoms with Crippen molar-refractivity contribution < 1.29 is 24.2 Å². The van der Waals surface area contributed by atoms with Crippen LogP contribution in [-0.4, -0.2) is 87.7 Å². The van der Waals surface area contributed by atoms with Crippen LogP contribution in [0.15, 0.2) is 173 Å². The highest BCUT2D eigenvalue weighted by Gasteiger charge is 2.40. The van der Waals surface area contributed by atoms with E-state index in [0.29, 0.717) is 48.9 Å². The topological polar surface area (TPSA) is 207 Å². The predicted molar refractivity (Wildman–Crippen MR) is 475 cm³/mol. The molecular weight excluding hydrogens is 1450 g/mol. The summed E-state index contributed by atoms with van der Waals surface area (Å²) in [5.41, 5.74) is 9.77. The molecule has 0 saturated carbocycles. The van der Waals surface area contributed by atoms with Gasteiger partial charge in [-0.1, -0.05) is 242 Å². The van der Waals surface area contributed by atoms with Gasteiger partial charge in [-0.05, 0) is 147 Å². The number of benzene rings is 6. The van der Waals surface area contributed by atoms with E-state index in [1.165, 1.54) is 111 Å². The van der Waals surface area contributed by atoms with Crippen LogP contribution in [0.5, 0.6) is 0 Å². The van der Waals surface area contributed by atoms with E-state index in [9.17, 15) is 40.5 Å². The van der Waals surface area contributed by atoms with Gasteiger partial charge in [0.2, 0.25) is 0 Å². The number of amides is 2. The number of rotatable bonds is 48. The second-order valence-corrected chi connectivity index (χ2v) is 31.5. The minimum atomic E-state index is -0.337. The third kappa shape index (κ3) is 23.6. The summed E-state index contributed by atoms with van der Waals surface area (Å²) in [6.07, 6.45) is 29.5. The van der Waals surface area contributed by atoms with Gasteiger partial charge in [0.25, 0.3) is 23.2 Å². The molecule has 10 rings (SSSR count). The molecule has 2 aliphatic heterocycles. The smallest absolute Gasteiger partial charge is 0.306 e. The van der Waals surface area contributed by atoms with Gasteiger partial charge in [-0.2, -0.15) is 10.5 Å². The standard InChI is InChI=1S/C54H68N6O3.C46H54N6O2/c1-6-10-13-15-22-34-59-49-25-19-18-24-45(49)46-36-42(27-32-50(46)59)40-63-51(61)26-17-16-20-33-58(39-41(9-4)23-12-8-3)44-30-28-43(29-31-44)52-47(37-55)53(48(38-56)57-5)60(54(52)62)35-21-14-11-7-2;1-4-6-19-35(5-2)34-50(28-15-9-10-18-31-53)37-26-24-36(25-27-37)44-40(32-47)45(41(33-48)49-3)52(46(44)54)30-17-8-7-16-29-51-42-22-13-11-20-38(42)39-21-12-14-23-43(39)51/h18-19,24-25,27-32,36,41H,6-17,20-23,26,33-35,39-40H2,1-4H3;11-14,20-27,35,53H,4-10,15-19,28-31,34H2,1-2H3/b53-48-;45-41-. The Labute approximate surface area is 696 Å². The number of nitriles is 4. The van der Waals surface area contributed by atoms with Gasteiger partial charge >= 0.3 is 5.97 Å². The van der Waals surface area contributed by atoms with Crippen molar-refractivity contribution in [3.05, 3.63) is 213 Å². The summed E-state index contributed by atoms with van der Waals surface area (Å²) >= 11 is 0. The number of esters is 1. The van der Waals surface area contributed by atoms with E-state index < -0.39 is 0 Å². The third-order valence-electron chi connectivity index (χ3n) is 23.4. The van der Waals surface area contributed by atoms with Crippen LogP contribution in [-0.2, 0) is 38.8 Å². The minimum absolute atomic E-state index is 0.0879. The van der Waals surface area contributed by atoms with Gasteiger partial charge in [0.05, 0.1) is 59.0 Å². The van der Waals surface area contributed by atoms with Gasteiger partial charge in [-0.3, -0.25) is 14.4 Å². The molecular formula is C100H122N12O5. The Balaban J connectivity index is 0.000000270. The molecule has 2 unspecified atom stereocenters. The van der Waals surface area contributed by atoms with E-state index in [2.05, 4.69) is 173 Å². The van der Waals surface area contributed by atoms with Crippen molar-refractivity contribution in [2.75, 3.05) is 55.7 Å². The Morgan fingerprint density at radius 3 is 1.25 bits per heavy atom. The normalized spacial score (nSPS) is 14.1. The van der Waals surface area contributed by atoms with Crippen molar-refractivity contribution in [3.63, 3.8) is 0 Å². The van der Waals surface area contributed by atoms with Crippen molar-refractivity contribution in [1.82, 2.24) is 18.9 Å². The van der Waals surface area contributed by atoms with Crippen molar-refractivity contribution in [1.29, 1.82) is 21.0 Å². The van der Waals surface area contributed by atoms with Gasteiger partial charge in [-0.15, -0.1) is 0 Å². The molecule has 17 nitrogen and oxygen atoms in total. The molecule has 2 aliphatic rings. The number of fused-ring (bicyclic) bond motifs is 6. The number of aliphatic hydroxyl groups excluding tert-OH is 1. The Hall–Kier alpha value is -11.2. The first-order chi connectivity index (χ1) is 57.3. The maximum Gasteiger partial charge on any atom is 0.306 e. The first kappa shape index (κ1) is 89.7. The summed E-state index contributed by atoms with van der Waals surface area (Å²) in [6, 6.07) is 56.0. The lowest BCUT2D eigenvalue weighted by Gasteiger charge is -2.29. The van der Waals surface area contributed by atoms with E-state index in [1.807, 2.05) is 60.7 Å². The molecule has 17 heteroatoms. The lowest BCUT2D eigenvalue weighted by Crippen LogP contribution is -2.30. The number of anilines is 2. The van der Waals surface area contributed by atoms with Gasteiger partial charge in [0.1, 0.15) is 18.7 Å². The van der Waals surface area contributed by atoms with Crippen molar-refractivity contribution in [3.8, 4) is 24.3 Å². The van der Waals surface area contributed by atoms with Crippen molar-refractivity contribution >= 4 is 83.9 Å². The van der Waals surface area contributed by atoms with Crippen LogP contribution in [0.2, 0.25) is 0 Å². The van der Waals surface area contributed by atoms with E-state index in [4.69, 9.17) is 17.9 Å². The first-order valence-electron chi connectivity index (χ1n) is 43.7. The zero-order valence-electron chi connectivity index (χ0n) is 70.5. The highest BCUT2D eigenvalue weighted by Crippen LogP contribution is 2.41. The predicted octanol–water partition coefficient (Wildman–Crippen LogP) is 23.9. The number of allylic oxidation sites excluding steroid dienone is 4. The fourth-order valence-corrected chi connectivity index (χ4v) is 16.8. The summed E-state index contributed by atoms with van der Waals surface area (Å²) in [7, 11) is 0. The van der Waals surface area contributed by atoms with Gasteiger partial charge in [0, 0.05) is 120 Å². The number of aromatic nitrogens is 2. The van der Waals surface area contributed by atoms with E-state index in [1.54, 1.807) is 0 Å². The zero-order valence-corrected chi connectivity index (χ0v) is 70.5. The summed E-state index contributed by atoms with van der Waals surface area (Å²) < 4.78 is 10.6. The minimum Gasteiger partial charge on any atom is -0.461 e. The average Bonchev–Trinajstić information content (AvgIpc) is 1.58. The number of ether oxygens (including phenoxy) is 1. The van der Waals surface area contributed by atoms with E-state index in [0.717, 1.165) is 172 Å².